The molecule has 0 spiro atoms. The number of benzene rings is 1. The van der Waals surface area contributed by atoms with Crippen LogP contribution < -0.4 is 4.74 Å². The molecular weight excluding hydrogens is 409 g/mol. The van der Waals surface area contributed by atoms with E-state index in [2.05, 4.69) is 15.2 Å². The Labute approximate surface area is 178 Å². The third-order valence-corrected chi connectivity index (χ3v) is 5.47. The number of hydrogen-bond donors (Lipinski definition) is 0. The summed E-state index contributed by atoms with van der Waals surface area (Å²) in [6.07, 6.45) is 6.02. The van der Waals surface area contributed by atoms with E-state index in [-0.39, 0.29) is 17.9 Å². The predicted molar refractivity (Wildman–Crippen MR) is 109 cm³/mol. The lowest BCUT2D eigenvalue weighted by atomic mass is 9.93. The Hall–Kier alpha value is -3.00. The van der Waals surface area contributed by atoms with Gasteiger partial charge in [-0.15, -0.1) is 0 Å². The first-order chi connectivity index (χ1) is 14.5. The highest BCUT2D eigenvalue weighted by atomic mass is 35.5. The summed E-state index contributed by atoms with van der Waals surface area (Å²) in [7, 11) is 0. The van der Waals surface area contributed by atoms with Gasteiger partial charge in [0, 0.05) is 29.6 Å². The molecule has 156 valence electrons. The second-order valence-electron chi connectivity index (χ2n) is 7.36. The molecule has 0 bridgehead atoms. The lowest BCUT2D eigenvalue weighted by molar-refractivity contribution is 0.0502. The van der Waals surface area contributed by atoms with Crippen molar-refractivity contribution >= 4 is 17.5 Å². The van der Waals surface area contributed by atoms with Gasteiger partial charge in [0.05, 0.1) is 36.4 Å². The van der Waals surface area contributed by atoms with Crippen molar-refractivity contribution in [1.82, 2.24) is 24.9 Å². The van der Waals surface area contributed by atoms with Gasteiger partial charge in [-0.2, -0.15) is 15.0 Å². The van der Waals surface area contributed by atoms with Gasteiger partial charge in [-0.25, -0.2) is 9.37 Å². The van der Waals surface area contributed by atoms with Crippen molar-refractivity contribution in [2.75, 3.05) is 13.2 Å². The standard InChI is InChI=1S/C21H21ClFN5O2/c1-14-2-3-15(13-30-20-7-5-17(23)11-24-20)12-27(14)21(29)18-10-16(22)4-6-19(18)28-25-8-9-26-28/h4-11,14-15H,2-3,12-13H2,1H3. The van der Waals surface area contributed by atoms with E-state index < -0.39 is 5.82 Å². The lowest BCUT2D eigenvalue weighted by Gasteiger charge is -2.38. The normalized spacial score (nSPS) is 19.0. The predicted octanol–water partition coefficient (Wildman–Crippen LogP) is 3.77. The van der Waals surface area contributed by atoms with Crippen LogP contribution in [0.2, 0.25) is 5.02 Å². The molecule has 3 aromatic rings. The Morgan fingerprint density at radius 3 is 2.77 bits per heavy atom. The number of pyridine rings is 1. The highest BCUT2D eigenvalue weighted by molar-refractivity contribution is 6.31. The molecule has 4 rings (SSSR count). The average molecular weight is 430 g/mol. The zero-order chi connectivity index (χ0) is 21.1. The van der Waals surface area contributed by atoms with Crippen molar-refractivity contribution in [3.05, 3.63) is 65.3 Å². The van der Waals surface area contributed by atoms with Gasteiger partial charge in [-0.05, 0) is 44.0 Å². The Morgan fingerprint density at radius 1 is 1.23 bits per heavy atom. The molecule has 3 heterocycles. The summed E-state index contributed by atoms with van der Waals surface area (Å²) in [5, 5.41) is 8.76. The number of aromatic nitrogens is 4. The van der Waals surface area contributed by atoms with Gasteiger partial charge in [-0.3, -0.25) is 4.79 Å². The number of rotatable bonds is 5. The summed E-state index contributed by atoms with van der Waals surface area (Å²) >= 11 is 6.18. The number of nitrogens with zero attached hydrogens (tertiary/aromatic N) is 5. The number of piperidine rings is 1. The summed E-state index contributed by atoms with van der Waals surface area (Å²) in [5.74, 6) is -0.0197. The number of halogens is 2. The van der Waals surface area contributed by atoms with Crippen molar-refractivity contribution in [1.29, 1.82) is 0 Å². The van der Waals surface area contributed by atoms with Gasteiger partial charge >= 0.3 is 0 Å². The summed E-state index contributed by atoms with van der Waals surface area (Å²) in [5.41, 5.74) is 1.03. The van der Waals surface area contributed by atoms with Crippen LogP contribution in [0.15, 0.2) is 48.9 Å². The molecule has 0 aliphatic carbocycles. The Morgan fingerprint density at radius 2 is 2.03 bits per heavy atom. The van der Waals surface area contributed by atoms with Crippen LogP contribution >= 0.6 is 11.6 Å². The molecule has 30 heavy (non-hydrogen) atoms. The number of likely N-dealkylation sites (tertiary alicyclic amines) is 1. The average Bonchev–Trinajstić information content (AvgIpc) is 3.28. The molecule has 7 nitrogen and oxygen atoms in total. The molecule has 1 saturated heterocycles. The van der Waals surface area contributed by atoms with Gasteiger partial charge in [0.15, 0.2) is 0 Å². The smallest absolute Gasteiger partial charge is 0.256 e. The highest BCUT2D eigenvalue weighted by Gasteiger charge is 2.31. The number of carbonyl (C=O) groups excluding carboxylic acids is 1. The van der Waals surface area contributed by atoms with Crippen LogP contribution in [0.5, 0.6) is 5.88 Å². The van der Waals surface area contributed by atoms with E-state index in [9.17, 15) is 9.18 Å². The first kappa shape index (κ1) is 20.3. The SMILES string of the molecule is CC1CCC(COc2ccc(F)cn2)CN1C(=O)c1cc(Cl)ccc1-n1nccn1. The van der Waals surface area contributed by atoms with E-state index in [1.165, 1.54) is 16.9 Å². The number of amides is 1. The molecule has 1 aromatic carbocycles. The molecule has 1 amide bonds. The van der Waals surface area contributed by atoms with Crippen LogP contribution in [0.1, 0.15) is 30.1 Å². The van der Waals surface area contributed by atoms with Crippen LogP contribution in [0, 0.1) is 11.7 Å². The van der Waals surface area contributed by atoms with Crippen molar-refractivity contribution < 1.29 is 13.9 Å². The third-order valence-electron chi connectivity index (χ3n) is 5.23. The molecule has 2 aromatic heterocycles. The van der Waals surface area contributed by atoms with E-state index in [0.29, 0.717) is 35.3 Å². The molecule has 1 aliphatic heterocycles. The largest absolute Gasteiger partial charge is 0.477 e. The monoisotopic (exact) mass is 429 g/mol. The van der Waals surface area contributed by atoms with Gasteiger partial charge in [0.25, 0.3) is 5.91 Å². The number of ether oxygens (including phenoxy) is 1. The van der Waals surface area contributed by atoms with E-state index in [0.717, 1.165) is 19.0 Å². The lowest BCUT2D eigenvalue weighted by Crippen LogP contribution is -2.47. The van der Waals surface area contributed by atoms with E-state index in [4.69, 9.17) is 16.3 Å². The minimum Gasteiger partial charge on any atom is -0.477 e. The van der Waals surface area contributed by atoms with Crippen molar-refractivity contribution in [3.63, 3.8) is 0 Å². The number of hydrogen-bond acceptors (Lipinski definition) is 5. The molecule has 2 unspecified atom stereocenters. The second-order valence-corrected chi connectivity index (χ2v) is 7.79. The molecule has 0 N–H and O–H groups in total. The second kappa shape index (κ2) is 8.79. The van der Waals surface area contributed by atoms with Crippen molar-refractivity contribution in [2.45, 2.75) is 25.8 Å². The fraction of sp³-hybridized carbons (Fsp3) is 0.333. The zero-order valence-corrected chi connectivity index (χ0v) is 17.2. The molecule has 0 radical (unpaired) electrons. The maximum absolute atomic E-state index is 13.4. The fourth-order valence-corrected chi connectivity index (χ4v) is 3.77. The molecule has 1 aliphatic rings. The number of carbonyl (C=O) groups is 1. The first-order valence-electron chi connectivity index (χ1n) is 9.73. The van der Waals surface area contributed by atoms with Crippen molar-refractivity contribution in [2.24, 2.45) is 5.92 Å². The van der Waals surface area contributed by atoms with Crippen LogP contribution in [0.4, 0.5) is 4.39 Å². The quantitative estimate of drug-likeness (QED) is 0.617. The molecule has 9 heteroatoms. The Bertz CT molecular complexity index is 1010. The van der Waals surface area contributed by atoms with Gasteiger partial charge in [0.2, 0.25) is 5.88 Å². The van der Waals surface area contributed by atoms with Crippen LogP contribution in [-0.4, -0.2) is 50.0 Å². The maximum atomic E-state index is 13.4. The van der Waals surface area contributed by atoms with E-state index in [1.807, 2.05) is 11.8 Å². The minimum atomic E-state index is -0.408. The van der Waals surface area contributed by atoms with Crippen molar-refractivity contribution in [3.8, 4) is 11.6 Å². The van der Waals surface area contributed by atoms with Gasteiger partial charge in [-0.1, -0.05) is 11.6 Å². The van der Waals surface area contributed by atoms with Crippen LogP contribution in [0.25, 0.3) is 5.69 Å². The summed E-state index contributed by atoms with van der Waals surface area (Å²) in [6.45, 7) is 2.98. The van der Waals surface area contributed by atoms with Crippen LogP contribution in [-0.2, 0) is 0 Å². The van der Waals surface area contributed by atoms with Gasteiger partial charge < -0.3 is 9.64 Å². The van der Waals surface area contributed by atoms with E-state index >= 15 is 0 Å². The molecule has 1 fully saturated rings. The highest BCUT2D eigenvalue weighted by Crippen LogP contribution is 2.27. The maximum Gasteiger partial charge on any atom is 0.256 e. The summed E-state index contributed by atoms with van der Waals surface area (Å²) < 4.78 is 18.7. The molecule has 0 saturated carbocycles. The molecule has 2 atom stereocenters. The Balaban J connectivity index is 1.50. The van der Waals surface area contributed by atoms with E-state index in [1.54, 1.807) is 30.6 Å². The van der Waals surface area contributed by atoms with Crippen LogP contribution in [0.3, 0.4) is 0 Å². The zero-order valence-electron chi connectivity index (χ0n) is 16.4. The first-order valence-corrected chi connectivity index (χ1v) is 10.1. The fourth-order valence-electron chi connectivity index (χ4n) is 3.60. The summed E-state index contributed by atoms with van der Waals surface area (Å²) in [6, 6.07) is 7.99. The van der Waals surface area contributed by atoms with Gasteiger partial charge in [0.1, 0.15) is 5.82 Å². The molecular formula is C21H21ClFN5O2. The third kappa shape index (κ3) is 4.43. The Kier molecular flexibility index (Phi) is 5.94. The minimum absolute atomic E-state index is 0.0788. The topological polar surface area (TPSA) is 73.1 Å². The summed E-state index contributed by atoms with van der Waals surface area (Å²) in [4.78, 5) is 20.6.